The topological polar surface area (TPSA) is 85.1 Å². The van der Waals surface area contributed by atoms with Gasteiger partial charge in [-0.2, -0.15) is 0 Å². The highest BCUT2D eigenvalue weighted by atomic mass is 32.2. The Hall–Kier alpha value is -1.50. The van der Waals surface area contributed by atoms with E-state index in [1.807, 2.05) is 26.1 Å². The molecule has 1 aromatic carbocycles. The molecule has 0 radical (unpaired) electrons. The standard InChI is InChI=1S/C19H25N3O2S/c1-11(2)9-22-25(23,24)19-16-7-15(20)6-13(16)5-14-10-21-18(8-17(14)19)12-3-4-12/h5,8,10-12,15,22H,3-4,6-7,9,20H2,1-2H3. The molecular weight excluding hydrogens is 334 g/mol. The molecule has 134 valence electrons. The quantitative estimate of drug-likeness (QED) is 0.859. The average molecular weight is 359 g/mol. The first-order chi connectivity index (χ1) is 11.8. The van der Waals surface area contributed by atoms with Crippen LogP contribution in [0.15, 0.2) is 23.2 Å². The van der Waals surface area contributed by atoms with Gasteiger partial charge < -0.3 is 5.73 Å². The van der Waals surface area contributed by atoms with Gasteiger partial charge in [0.05, 0.1) is 4.90 Å². The second kappa shape index (κ2) is 6.04. The molecule has 1 atom stereocenters. The van der Waals surface area contributed by atoms with E-state index >= 15 is 0 Å². The molecule has 2 aromatic rings. The molecule has 0 bridgehead atoms. The van der Waals surface area contributed by atoms with Crippen molar-refractivity contribution in [3.63, 3.8) is 0 Å². The van der Waals surface area contributed by atoms with Crippen LogP contribution in [0.2, 0.25) is 0 Å². The van der Waals surface area contributed by atoms with E-state index in [2.05, 4.69) is 15.8 Å². The fourth-order valence-electron chi connectivity index (χ4n) is 3.66. The van der Waals surface area contributed by atoms with Gasteiger partial charge in [0.1, 0.15) is 0 Å². The number of nitrogens with two attached hydrogens (primary N) is 1. The summed E-state index contributed by atoms with van der Waals surface area (Å²) < 4.78 is 29.1. The van der Waals surface area contributed by atoms with Gasteiger partial charge in [0, 0.05) is 41.2 Å². The summed E-state index contributed by atoms with van der Waals surface area (Å²) >= 11 is 0. The van der Waals surface area contributed by atoms with E-state index in [4.69, 9.17) is 5.73 Å². The minimum absolute atomic E-state index is 0.0123. The first-order valence-electron chi connectivity index (χ1n) is 9.05. The maximum atomic E-state index is 13.1. The number of aromatic nitrogens is 1. The molecule has 1 fully saturated rings. The predicted molar refractivity (Wildman–Crippen MR) is 99.1 cm³/mol. The van der Waals surface area contributed by atoms with E-state index in [9.17, 15) is 8.42 Å². The van der Waals surface area contributed by atoms with Gasteiger partial charge in [-0.1, -0.05) is 13.8 Å². The third kappa shape index (κ3) is 3.18. The molecule has 1 unspecified atom stereocenters. The second-order valence-electron chi connectivity index (χ2n) is 7.86. The predicted octanol–water partition coefficient (Wildman–Crippen LogP) is 2.47. The number of sulfonamides is 1. The van der Waals surface area contributed by atoms with Crippen molar-refractivity contribution in [2.75, 3.05) is 6.54 Å². The molecule has 4 rings (SSSR count). The fraction of sp³-hybridized carbons (Fsp3) is 0.526. The number of hydrogen-bond donors (Lipinski definition) is 2. The van der Waals surface area contributed by atoms with E-state index in [1.165, 1.54) is 0 Å². The zero-order chi connectivity index (χ0) is 17.8. The number of hydrogen-bond acceptors (Lipinski definition) is 4. The monoisotopic (exact) mass is 359 g/mol. The van der Waals surface area contributed by atoms with Crippen molar-refractivity contribution in [3.05, 3.63) is 35.2 Å². The molecule has 2 aliphatic carbocycles. The Morgan fingerprint density at radius 2 is 2.04 bits per heavy atom. The molecule has 1 aromatic heterocycles. The van der Waals surface area contributed by atoms with E-state index in [1.54, 1.807) is 0 Å². The van der Waals surface area contributed by atoms with Crippen LogP contribution in [0.4, 0.5) is 0 Å². The summed E-state index contributed by atoms with van der Waals surface area (Å²) in [6.45, 7) is 4.43. The number of pyridine rings is 1. The molecule has 1 heterocycles. The van der Waals surface area contributed by atoms with Crippen LogP contribution < -0.4 is 10.5 Å². The fourth-order valence-corrected chi connectivity index (χ4v) is 5.36. The van der Waals surface area contributed by atoms with E-state index in [-0.39, 0.29) is 12.0 Å². The number of benzene rings is 1. The Kier molecular flexibility index (Phi) is 4.09. The molecule has 0 spiro atoms. The highest BCUT2D eigenvalue weighted by Crippen LogP contribution is 2.41. The first kappa shape index (κ1) is 16.9. The lowest BCUT2D eigenvalue weighted by atomic mass is 10.0. The van der Waals surface area contributed by atoms with Crippen molar-refractivity contribution in [1.82, 2.24) is 9.71 Å². The Bertz CT molecular complexity index is 933. The number of fused-ring (bicyclic) bond motifs is 2. The van der Waals surface area contributed by atoms with Crippen LogP contribution in [0.25, 0.3) is 10.8 Å². The largest absolute Gasteiger partial charge is 0.327 e. The molecule has 25 heavy (non-hydrogen) atoms. The second-order valence-corrected chi connectivity index (χ2v) is 9.57. The number of nitrogens with zero attached hydrogens (tertiary/aromatic N) is 1. The zero-order valence-electron chi connectivity index (χ0n) is 14.7. The Morgan fingerprint density at radius 1 is 1.28 bits per heavy atom. The summed E-state index contributed by atoms with van der Waals surface area (Å²) in [4.78, 5) is 4.99. The summed E-state index contributed by atoms with van der Waals surface area (Å²) in [5.41, 5.74) is 9.09. The smallest absolute Gasteiger partial charge is 0.241 e. The van der Waals surface area contributed by atoms with Crippen LogP contribution in [-0.2, 0) is 22.9 Å². The summed E-state index contributed by atoms with van der Waals surface area (Å²) in [5.74, 6) is 0.739. The molecular formula is C19H25N3O2S. The van der Waals surface area contributed by atoms with Crippen molar-refractivity contribution in [3.8, 4) is 0 Å². The van der Waals surface area contributed by atoms with Gasteiger partial charge in [0.15, 0.2) is 0 Å². The van der Waals surface area contributed by atoms with Crippen LogP contribution >= 0.6 is 0 Å². The van der Waals surface area contributed by atoms with Crippen molar-refractivity contribution in [1.29, 1.82) is 0 Å². The Morgan fingerprint density at radius 3 is 2.72 bits per heavy atom. The molecule has 1 saturated carbocycles. The lowest BCUT2D eigenvalue weighted by molar-refractivity contribution is 0.560. The maximum Gasteiger partial charge on any atom is 0.241 e. The van der Waals surface area contributed by atoms with Crippen LogP contribution in [0.5, 0.6) is 0 Å². The van der Waals surface area contributed by atoms with Gasteiger partial charge in [-0.05, 0) is 54.9 Å². The summed E-state index contributed by atoms with van der Waals surface area (Å²) in [6, 6.07) is 4.05. The first-order valence-corrected chi connectivity index (χ1v) is 10.5. The van der Waals surface area contributed by atoms with Crippen molar-refractivity contribution in [2.24, 2.45) is 11.7 Å². The molecule has 2 aliphatic rings. The van der Waals surface area contributed by atoms with Crippen LogP contribution in [0.1, 0.15) is 49.4 Å². The normalized spacial score (nSPS) is 20.4. The maximum absolute atomic E-state index is 13.1. The Balaban J connectivity index is 1.92. The zero-order valence-corrected chi connectivity index (χ0v) is 15.6. The molecule has 0 saturated heterocycles. The third-order valence-electron chi connectivity index (χ3n) is 5.09. The summed E-state index contributed by atoms with van der Waals surface area (Å²) in [7, 11) is -3.59. The van der Waals surface area contributed by atoms with Crippen molar-refractivity contribution < 1.29 is 8.42 Å². The highest BCUT2D eigenvalue weighted by Gasteiger charge is 2.31. The lowest BCUT2D eigenvalue weighted by Crippen LogP contribution is -2.29. The minimum Gasteiger partial charge on any atom is -0.327 e. The molecule has 6 heteroatoms. The molecule has 3 N–H and O–H groups in total. The van der Waals surface area contributed by atoms with Crippen LogP contribution in [-0.4, -0.2) is 26.0 Å². The van der Waals surface area contributed by atoms with Gasteiger partial charge in [0.2, 0.25) is 10.0 Å². The van der Waals surface area contributed by atoms with Gasteiger partial charge in [0.25, 0.3) is 0 Å². The SMILES string of the molecule is CC(C)CNS(=O)(=O)c1c2c(cc3cnc(C4CC4)cc13)CC(N)C2. The summed E-state index contributed by atoms with van der Waals surface area (Å²) in [6.07, 6.45) is 5.45. The summed E-state index contributed by atoms with van der Waals surface area (Å²) in [5, 5.41) is 1.68. The molecule has 0 amide bonds. The Labute approximate surface area is 149 Å². The van der Waals surface area contributed by atoms with Gasteiger partial charge in [-0.3, -0.25) is 4.98 Å². The number of nitrogens with one attached hydrogen (secondary N) is 1. The van der Waals surface area contributed by atoms with Crippen molar-refractivity contribution >= 4 is 20.8 Å². The molecule has 5 nitrogen and oxygen atoms in total. The highest BCUT2D eigenvalue weighted by molar-refractivity contribution is 7.89. The van der Waals surface area contributed by atoms with E-state index in [0.29, 0.717) is 23.8 Å². The van der Waals surface area contributed by atoms with Gasteiger partial charge in [-0.25, -0.2) is 13.1 Å². The van der Waals surface area contributed by atoms with Crippen LogP contribution in [0.3, 0.4) is 0 Å². The third-order valence-corrected chi connectivity index (χ3v) is 6.64. The van der Waals surface area contributed by atoms with E-state index < -0.39 is 10.0 Å². The number of rotatable bonds is 5. The molecule has 0 aliphatic heterocycles. The van der Waals surface area contributed by atoms with E-state index in [0.717, 1.165) is 46.9 Å². The lowest BCUT2D eigenvalue weighted by Gasteiger charge is -2.16. The minimum atomic E-state index is -3.59. The van der Waals surface area contributed by atoms with Gasteiger partial charge >= 0.3 is 0 Å². The van der Waals surface area contributed by atoms with Crippen molar-refractivity contribution in [2.45, 2.75) is 56.4 Å². The van der Waals surface area contributed by atoms with Gasteiger partial charge in [-0.15, -0.1) is 0 Å². The van der Waals surface area contributed by atoms with Crippen LogP contribution in [0, 0.1) is 5.92 Å². The average Bonchev–Trinajstić information content (AvgIpc) is 3.32.